The number of H-pyrrole nitrogens is 1. The van der Waals surface area contributed by atoms with Crippen LogP contribution in [-0.2, 0) is 17.9 Å². The summed E-state index contributed by atoms with van der Waals surface area (Å²) < 4.78 is 14.9. The number of anilines is 1. The predicted molar refractivity (Wildman–Crippen MR) is 197 cm³/mol. The van der Waals surface area contributed by atoms with Crippen molar-refractivity contribution in [2.45, 2.75) is 97.2 Å². The normalized spacial score (nSPS) is 11.9. The minimum absolute atomic E-state index is 0.0415. The van der Waals surface area contributed by atoms with E-state index >= 15 is 0 Å². The van der Waals surface area contributed by atoms with Gasteiger partial charge in [0.1, 0.15) is 11.6 Å². The van der Waals surface area contributed by atoms with Crippen molar-refractivity contribution >= 4 is 22.8 Å². The van der Waals surface area contributed by atoms with E-state index in [1.54, 1.807) is 31.2 Å². The number of methoxy groups -OCH3 is 1. The molecule has 5 rings (SSSR count). The summed E-state index contributed by atoms with van der Waals surface area (Å²) >= 11 is 0. The first-order valence-corrected chi connectivity index (χ1v) is 18.0. The number of imidazole rings is 2. The van der Waals surface area contributed by atoms with E-state index in [1.807, 2.05) is 30.3 Å². The zero-order valence-electron chi connectivity index (χ0n) is 29.8. The molecule has 13 nitrogen and oxygen atoms in total. The largest absolute Gasteiger partial charge is 0.495 e. The van der Waals surface area contributed by atoms with E-state index in [0.29, 0.717) is 17.9 Å². The Morgan fingerprint density at radius 2 is 1.57 bits per heavy atom. The van der Waals surface area contributed by atoms with Crippen LogP contribution in [0.2, 0.25) is 0 Å². The Labute approximate surface area is 297 Å². The molecule has 2 aromatic carbocycles. The van der Waals surface area contributed by atoms with Gasteiger partial charge in [-0.05, 0) is 31.0 Å². The molecule has 51 heavy (non-hydrogen) atoms. The number of para-hydroxylation sites is 2. The summed E-state index contributed by atoms with van der Waals surface area (Å²) in [5.74, 6) is -1.06. The highest BCUT2D eigenvalue weighted by Crippen LogP contribution is 2.33. The molecule has 0 aliphatic rings. The monoisotopic (exact) mass is 699 g/mol. The number of rotatable bonds is 20. The third kappa shape index (κ3) is 8.70. The van der Waals surface area contributed by atoms with Crippen molar-refractivity contribution in [1.82, 2.24) is 28.7 Å². The van der Waals surface area contributed by atoms with Gasteiger partial charge >= 0.3 is 5.69 Å². The summed E-state index contributed by atoms with van der Waals surface area (Å²) in [6.07, 6.45) is 12.4. The highest BCUT2D eigenvalue weighted by molar-refractivity contribution is 5.97. The van der Waals surface area contributed by atoms with E-state index in [0.717, 1.165) is 29.4 Å². The van der Waals surface area contributed by atoms with Crippen LogP contribution in [0.1, 0.15) is 95.5 Å². The quantitative estimate of drug-likeness (QED) is 0.0789. The molecule has 0 radical (unpaired) electrons. The fourth-order valence-corrected chi connectivity index (χ4v) is 6.37. The molecule has 1 amide bonds. The molecule has 0 saturated carbocycles. The van der Waals surface area contributed by atoms with Gasteiger partial charge in [0.2, 0.25) is 0 Å². The summed E-state index contributed by atoms with van der Waals surface area (Å²) in [7, 11) is 1.48. The van der Waals surface area contributed by atoms with Crippen molar-refractivity contribution in [2.75, 3.05) is 19.0 Å². The van der Waals surface area contributed by atoms with Crippen LogP contribution in [0.15, 0.2) is 70.5 Å². The molecule has 1 unspecified atom stereocenters. The van der Waals surface area contributed by atoms with Crippen molar-refractivity contribution in [2.24, 2.45) is 0 Å². The van der Waals surface area contributed by atoms with Crippen molar-refractivity contribution in [3.8, 4) is 17.5 Å². The van der Waals surface area contributed by atoms with Crippen LogP contribution in [0, 0.1) is 0 Å². The van der Waals surface area contributed by atoms with Crippen LogP contribution < -0.4 is 26.0 Å². The summed E-state index contributed by atoms with van der Waals surface area (Å²) in [4.78, 5) is 54.7. The van der Waals surface area contributed by atoms with Gasteiger partial charge in [-0.25, -0.2) is 19.3 Å². The lowest BCUT2D eigenvalue weighted by molar-refractivity contribution is -0.118. The number of aromatic hydroxyl groups is 1. The van der Waals surface area contributed by atoms with E-state index in [4.69, 9.17) is 14.5 Å². The lowest BCUT2D eigenvalue weighted by atomic mass is 10.1. The van der Waals surface area contributed by atoms with Crippen LogP contribution in [0.5, 0.6) is 17.5 Å². The Bertz CT molecular complexity index is 2000. The Hall–Kier alpha value is -5.33. The molecular weight excluding hydrogens is 650 g/mol. The molecule has 0 spiro atoms. The van der Waals surface area contributed by atoms with Gasteiger partial charge in [0.25, 0.3) is 23.2 Å². The number of hydrogen-bond acceptors (Lipinski definition) is 8. The molecule has 3 N–H and O–H groups in total. The van der Waals surface area contributed by atoms with Crippen molar-refractivity contribution in [3.63, 3.8) is 0 Å². The maximum absolute atomic E-state index is 14.5. The topological polar surface area (TPSA) is 158 Å². The Morgan fingerprint density at radius 1 is 0.902 bits per heavy atom. The van der Waals surface area contributed by atoms with E-state index in [2.05, 4.69) is 22.2 Å². The molecule has 0 aliphatic carbocycles. The van der Waals surface area contributed by atoms with Gasteiger partial charge in [-0.15, -0.1) is 0 Å². The maximum atomic E-state index is 14.5. The maximum Gasteiger partial charge on any atom is 0.335 e. The second kappa shape index (κ2) is 18.1. The average molecular weight is 700 g/mol. The SMILES string of the molecule is CCCCCCCCCCCCn1c(C(C(=O)Nc2ccccc2OC)n2c(O)c(OCC)n(Cc3ccccc3)c2=O)nc2nc[nH]c2c1=O. The van der Waals surface area contributed by atoms with Gasteiger partial charge in [-0.2, -0.15) is 0 Å². The number of nitrogens with one attached hydrogen (secondary N) is 2. The number of aromatic nitrogens is 6. The Morgan fingerprint density at radius 3 is 2.25 bits per heavy atom. The number of ether oxygens (including phenoxy) is 2. The van der Waals surface area contributed by atoms with E-state index in [-0.39, 0.29) is 42.6 Å². The molecule has 272 valence electrons. The van der Waals surface area contributed by atoms with Gasteiger partial charge in [0, 0.05) is 6.54 Å². The van der Waals surface area contributed by atoms with Crippen LogP contribution >= 0.6 is 0 Å². The molecule has 3 heterocycles. The summed E-state index contributed by atoms with van der Waals surface area (Å²) in [5, 5.41) is 14.6. The molecule has 0 aliphatic heterocycles. The zero-order valence-corrected chi connectivity index (χ0v) is 29.8. The zero-order chi connectivity index (χ0) is 36.2. The first kappa shape index (κ1) is 36.9. The van der Waals surface area contributed by atoms with Crippen LogP contribution in [0.25, 0.3) is 11.2 Å². The molecule has 1 atom stereocenters. The minimum Gasteiger partial charge on any atom is -0.495 e. The number of benzene rings is 2. The number of fused-ring (bicyclic) bond motifs is 1. The molecule has 5 aromatic rings. The number of hydrogen-bond donors (Lipinski definition) is 3. The number of aromatic amines is 1. The molecular formula is C38H49N7O6. The standard InChI is InChI=1S/C38H49N7O6/c1-4-6-7-8-9-10-11-12-13-19-24-43-33(42-32-30(35(43)47)39-26-40-32)31(34(46)41-28-22-17-18-23-29(28)50-3)45-36(48)37(51-5-2)44(38(45)49)25-27-20-15-14-16-21-27/h14-18,20-23,26,31,48H,4-13,19,24-25H2,1-3H3,(H,39,40)(H,41,46). The fraction of sp³-hybridized carbons (Fsp3) is 0.447. The Kier molecular flexibility index (Phi) is 13.1. The number of carbonyl (C=O) groups excluding carboxylic acids is 1. The molecule has 0 fully saturated rings. The summed E-state index contributed by atoms with van der Waals surface area (Å²) in [5.41, 5.74) is 0.234. The van der Waals surface area contributed by atoms with E-state index in [1.165, 1.54) is 61.1 Å². The average Bonchev–Trinajstić information content (AvgIpc) is 3.70. The first-order valence-electron chi connectivity index (χ1n) is 18.0. The van der Waals surface area contributed by atoms with Crippen LogP contribution in [0.3, 0.4) is 0 Å². The number of unbranched alkanes of at least 4 members (excludes halogenated alkanes) is 9. The second-order valence-corrected chi connectivity index (χ2v) is 12.6. The number of carbonyl (C=O) groups is 1. The van der Waals surface area contributed by atoms with E-state index < -0.39 is 29.1 Å². The van der Waals surface area contributed by atoms with Gasteiger partial charge in [0.05, 0.1) is 32.3 Å². The molecule has 13 heteroatoms. The van der Waals surface area contributed by atoms with Gasteiger partial charge in [-0.3, -0.25) is 18.7 Å². The number of amides is 1. The molecule has 0 saturated heterocycles. The third-order valence-electron chi connectivity index (χ3n) is 8.99. The smallest absolute Gasteiger partial charge is 0.335 e. The highest BCUT2D eigenvalue weighted by Gasteiger charge is 2.36. The van der Waals surface area contributed by atoms with Crippen molar-refractivity contribution in [1.29, 1.82) is 0 Å². The summed E-state index contributed by atoms with van der Waals surface area (Å²) in [6, 6.07) is 14.5. The molecule has 3 aromatic heterocycles. The van der Waals surface area contributed by atoms with E-state index in [9.17, 15) is 19.5 Å². The summed E-state index contributed by atoms with van der Waals surface area (Å²) in [6.45, 7) is 4.39. The lowest BCUT2D eigenvalue weighted by Crippen LogP contribution is -2.39. The number of nitrogens with zero attached hydrogens (tertiary/aromatic N) is 5. The minimum atomic E-state index is -1.60. The van der Waals surface area contributed by atoms with Gasteiger partial charge in [-0.1, -0.05) is 107 Å². The first-order chi connectivity index (χ1) is 24.9. The predicted octanol–water partition coefficient (Wildman–Crippen LogP) is 6.39. The van der Waals surface area contributed by atoms with Crippen LogP contribution in [-0.4, -0.2) is 53.4 Å². The van der Waals surface area contributed by atoms with Crippen molar-refractivity contribution in [3.05, 3.63) is 93.2 Å². The lowest BCUT2D eigenvalue weighted by Gasteiger charge is -2.22. The van der Waals surface area contributed by atoms with Crippen molar-refractivity contribution < 1.29 is 19.4 Å². The second-order valence-electron chi connectivity index (χ2n) is 12.6. The highest BCUT2D eigenvalue weighted by atomic mass is 16.5. The Balaban J connectivity index is 1.57. The van der Waals surface area contributed by atoms with Gasteiger partial charge < -0.3 is 24.9 Å². The third-order valence-corrected chi connectivity index (χ3v) is 8.99. The van der Waals surface area contributed by atoms with Gasteiger partial charge in [0.15, 0.2) is 17.2 Å². The fourth-order valence-electron chi connectivity index (χ4n) is 6.37. The van der Waals surface area contributed by atoms with Crippen LogP contribution in [0.4, 0.5) is 5.69 Å². The molecule has 0 bridgehead atoms.